The van der Waals surface area contributed by atoms with Crippen LogP contribution < -0.4 is 5.73 Å². The van der Waals surface area contributed by atoms with Gasteiger partial charge in [0.2, 0.25) is 9.84 Å². The molecular weight excluding hydrogens is 324 g/mol. The highest BCUT2D eigenvalue weighted by Gasteiger charge is 2.30. The first-order valence-corrected chi connectivity index (χ1v) is 9.46. The number of nitrogens with two attached hydrogens (primary N) is 1. The highest BCUT2D eigenvalue weighted by Crippen LogP contribution is 2.37. The lowest BCUT2D eigenvalue weighted by Gasteiger charge is -2.07. The fraction of sp³-hybridized carbons (Fsp3) is 0.294. The molecule has 0 radical (unpaired) electrons. The van der Waals surface area contributed by atoms with Crippen LogP contribution in [0.25, 0.3) is 11.2 Å². The van der Waals surface area contributed by atoms with Crippen molar-refractivity contribution in [1.29, 1.82) is 0 Å². The molecule has 2 heterocycles. The van der Waals surface area contributed by atoms with E-state index in [0.717, 1.165) is 6.42 Å². The number of nitrogen functional groups attached to an aromatic ring is 1. The summed E-state index contributed by atoms with van der Waals surface area (Å²) in [5.41, 5.74) is 7.12. The summed E-state index contributed by atoms with van der Waals surface area (Å²) in [4.78, 5) is 8.85. The number of aromatic nitrogens is 3. The normalized spacial score (nSPS) is 15.0. The lowest BCUT2D eigenvalue weighted by atomic mass is 10.3. The summed E-state index contributed by atoms with van der Waals surface area (Å²) in [6.07, 6.45) is 6.51. The van der Waals surface area contributed by atoms with Crippen LogP contribution in [0.15, 0.2) is 52.5 Å². The van der Waals surface area contributed by atoms with Crippen molar-refractivity contribution >= 4 is 26.8 Å². The molecule has 0 saturated heterocycles. The fourth-order valence-corrected chi connectivity index (χ4v) is 4.51. The zero-order chi connectivity index (χ0) is 16.7. The van der Waals surface area contributed by atoms with E-state index in [4.69, 9.17) is 5.73 Å². The van der Waals surface area contributed by atoms with E-state index in [-0.39, 0.29) is 15.6 Å². The van der Waals surface area contributed by atoms with E-state index in [9.17, 15) is 8.42 Å². The Hall–Kier alpha value is -2.41. The van der Waals surface area contributed by atoms with Crippen LogP contribution in [0.3, 0.4) is 0 Å². The predicted octanol–water partition coefficient (Wildman–Crippen LogP) is 2.65. The summed E-state index contributed by atoms with van der Waals surface area (Å²) in [5, 5.41) is 0. The van der Waals surface area contributed by atoms with Crippen LogP contribution in [-0.4, -0.2) is 23.0 Å². The summed E-state index contributed by atoms with van der Waals surface area (Å²) in [7, 11) is -3.75. The van der Waals surface area contributed by atoms with E-state index < -0.39 is 9.84 Å². The van der Waals surface area contributed by atoms with Gasteiger partial charge < -0.3 is 10.3 Å². The predicted molar refractivity (Wildman–Crippen MR) is 91.2 cm³/mol. The summed E-state index contributed by atoms with van der Waals surface area (Å²) in [6.45, 7) is 0.663. The summed E-state index contributed by atoms with van der Waals surface area (Å²) >= 11 is 0. The van der Waals surface area contributed by atoms with Crippen molar-refractivity contribution in [1.82, 2.24) is 14.5 Å². The molecule has 0 bridgehead atoms. The number of nitrogens with zero attached hydrogens (tertiary/aromatic N) is 3. The fourth-order valence-electron chi connectivity index (χ4n) is 2.97. The van der Waals surface area contributed by atoms with Gasteiger partial charge in [0.15, 0.2) is 5.65 Å². The van der Waals surface area contributed by atoms with Crippen molar-refractivity contribution in [3.05, 3.63) is 42.7 Å². The highest BCUT2D eigenvalue weighted by molar-refractivity contribution is 7.92. The van der Waals surface area contributed by atoms with Crippen molar-refractivity contribution in [2.45, 2.75) is 35.6 Å². The summed E-state index contributed by atoms with van der Waals surface area (Å²) < 4.78 is 27.9. The van der Waals surface area contributed by atoms with Crippen molar-refractivity contribution in [2.75, 3.05) is 5.73 Å². The van der Waals surface area contributed by atoms with E-state index in [2.05, 4.69) is 9.97 Å². The molecule has 6 nitrogen and oxygen atoms in total. The van der Waals surface area contributed by atoms with E-state index in [1.807, 2.05) is 0 Å². The van der Waals surface area contributed by atoms with E-state index >= 15 is 0 Å². The Labute approximate surface area is 140 Å². The molecule has 1 saturated carbocycles. The van der Waals surface area contributed by atoms with E-state index in [1.165, 1.54) is 19.0 Å². The molecule has 1 fully saturated rings. The molecule has 7 heteroatoms. The third kappa shape index (κ3) is 2.45. The Morgan fingerprint density at radius 1 is 1.12 bits per heavy atom. The van der Waals surface area contributed by atoms with Gasteiger partial charge in [0, 0.05) is 18.9 Å². The second-order valence-electron chi connectivity index (χ2n) is 6.14. The molecule has 1 aromatic carbocycles. The SMILES string of the molecule is Nc1c(S(=O)(=O)c2ccccc2)c2nccnc2n1CCC1CC1. The third-order valence-electron chi connectivity index (χ3n) is 4.45. The maximum Gasteiger partial charge on any atom is 0.212 e. The largest absolute Gasteiger partial charge is 0.384 e. The number of sulfone groups is 1. The number of hydrogen-bond donors (Lipinski definition) is 1. The van der Waals surface area contributed by atoms with Crippen molar-refractivity contribution in [3.8, 4) is 0 Å². The second kappa shape index (κ2) is 5.59. The monoisotopic (exact) mass is 342 g/mol. The Kier molecular flexibility index (Phi) is 3.53. The zero-order valence-corrected chi connectivity index (χ0v) is 13.9. The molecule has 3 aromatic rings. The maximum absolute atomic E-state index is 13.1. The Balaban J connectivity index is 1.90. The molecule has 2 N–H and O–H groups in total. The Morgan fingerprint density at radius 2 is 1.83 bits per heavy atom. The number of aryl methyl sites for hydroxylation is 1. The minimum atomic E-state index is -3.75. The molecule has 4 rings (SSSR count). The second-order valence-corrected chi connectivity index (χ2v) is 8.03. The first-order valence-electron chi connectivity index (χ1n) is 7.98. The van der Waals surface area contributed by atoms with Crippen LogP contribution in [0, 0.1) is 5.92 Å². The standard InChI is InChI=1S/C17H18N4O2S/c18-16-15(24(22,23)13-4-2-1-3-5-13)14-17(20-10-9-19-14)21(16)11-8-12-6-7-12/h1-5,9-10,12H,6-8,11,18H2. The average molecular weight is 342 g/mol. The molecule has 1 aliphatic rings. The van der Waals surface area contributed by atoms with Gasteiger partial charge in [-0.2, -0.15) is 0 Å². The van der Waals surface area contributed by atoms with Crippen molar-refractivity contribution in [2.24, 2.45) is 5.92 Å². The number of hydrogen-bond acceptors (Lipinski definition) is 5. The first kappa shape index (κ1) is 15.1. The van der Waals surface area contributed by atoms with Gasteiger partial charge in [0.1, 0.15) is 16.2 Å². The molecule has 0 unspecified atom stereocenters. The quantitative estimate of drug-likeness (QED) is 0.770. The van der Waals surface area contributed by atoms with Gasteiger partial charge in [0.25, 0.3) is 0 Å². The Bertz CT molecular complexity index is 992. The van der Waals surface area contributed by atoms with Gasteiger partial charge in [-0.25, -0.2) is 18.4 Å². The molecule has 0 amide bonds. The molecule has 0 atom stereocenters. The van der Waals surface area contributed by atoms with Crippen LogP contribution >= 0.6 is 0 Å². The van der Waals surface area contributed by atoms with Crippen LogP contribution in [-0.2, 0) is 16.4 Å². The van der Waals surface area contributed by atoms with Gasteiger partial charge in [-0.3, -0.25) is 0 Å². The van der Waals surface area contributed by atoms with Crippen molar-refractivity contribution < 1.29 is 8.42 Å². The van der Waals surface area contributed by atoms with Gasteiger partial charge in [-0.1, -0.05) is 31.0 Å². The highest BCUT2D eigenvalue weighted by atomic mass is 32.2. The van der Waals surface area contributed by atoms with Gasteiger partial charge >= 0.3 is 0 Å². The van der Waals surface area contributed by atoms with Crippen LogP contribution in [0.1, 0.15) is 19.3 Å². The molecule has 2 aromatic heterocycles. The number of anilines is 1. The molecule has 24 heavy (non-hydrogen) atoms. The topological polar surface area (TPSA) is 90.9 Å². The van der Waals surface area contributed by atoms with Gasteiger partial charge in [0.05, 0.1) is 4.90 Å². The minimum Gasteiger partial charge on any atom is -0.384 e. The summed E-state index contributed by atoms with van der Waals surface area (Å²) in [5.74, 6) is 0.938. The molecule has 0 spiro atoms. The van der Waals surface area contributed by atoms with E-state index in [0.29, 0.717) is 23.6 Å². The number of rotatable bonds is 5. The minimum absolute atomic E-state index is 0.0626. The van der Waals surface area contributed by atoms with Crippen LogP contribution in [0.5, 0.6) is 0 Å². The Morgan fingerprint density at radius 3 is 2.54 bits per heavy atom. The van der Waals surface area contributed by atoms with Gasteiger partial charge in [-0.15, -0.1) is 0 Å². The third-order valence-corrected chi connectivity index (χ3v) is 6.29. The lowest BCUT2D eigenvalue weighted by Crippen LogP contribution is -2.08. The first-order chi connectivity index (χ1) is 11.6. The lowest BCUT2D eigenvalue weighted by molar-refractivity contribution is 0.594. The molecular formula is C17H18N4O2S. The average Bonchev–Trinajstić information content (AvgIpc) is 3.37. The molecule has 0 aliphatic heterocycles. The maximum atomic E-state index is 13.1. The number of benzene rings is 1. The number of fused-ring (bicyclic) bond motifs is 1. The molecule has 124 valence electrons. The van der Waals surface area contributed by atoms with Crippen LogP contribution in [0.4, 0.5) is 5.82 Å². The molecule has 1 aliphatic carbocycles. The van der Waals surface area contributed by atoms with Crippen LogP contribution in [0.2, 0.25) is 0 Å². The van der Waals surface area contributed by atoms with E-state index in [1.54, 1.807) is 41.1 Å². The zero-order valence-electron chi connectivity index (χ0n) is 13.1. The summed E-state index contributed by atoms with van der Waals surface area (Å²) in [6, 6.07) is 8.31. The van der Waals surface area contributed by atoms with Crippen molar-refractivity contribution in [3.63, 3.8) is 0 Å². The van der Waals surface area contributed by atoms with Gasteiger partial charge in [-0.05, 0) is 24.5 Å². The smallest absolute Gasteiger partial charge is 0.212 e.